The van der Waals surface area contributed by atoms with Crippen molar-refractivity contribution in [1.82, 2.24) is 0 Å². The number of anilines is 2. The Labute approximate surface area is 158 Å². The van der Waals surface area contributed by atoms with Crippen LogP contribution in [0.15, 0.2) is 46.9 Å². The predicted molar refractivity (Wildman–Crippen MR) is 101 cm³/mol. The maximum atomic E-state index is 12.2. The molecule has 1 N–H and O–H groups in total. The molecule has 2 rings (SSSR count). The van der Waals surface area contributed by atoms with Crippen LogP contribution in [-0.2, 0) is 14.8 Å². The minimum Gasteiger partial charge on any atom is -0.324 e. The average molecular weight is 452 g/mol. The van der Waals surface area contributed by atoms with Gasteiger partial charge in [-0.1, -0.05) is 29.3 Å². The van der Waals surface area contributed by atoms with Crippen LogP contribution in [0.5, 0.6) is 0 Å². The zero-order valence-corrected chi connectivity index (χ0v) is 16.4. The van der Waals surface area contributed by atoms with Gasteiger partial charge in [0.25, 0.3) is 0 Å². The number of benzene rings is 2. The minimum atomic E-state index is -3.66. The first-order valence-electron chi connectivity index (χ1n) is 6.65. The van der Waals surface area contributed by atoms with E-state index in [-0.39, 0.29) is 6.54 Å². The van der Waals surface area contributed by atoms with E-state index in [0.717, 1.165) is 10.6 Å². The maximum Gasteiger partial charge on any atom is 0.245 e. The van der Waals surface area contributed by atoms with Gasteiger partial charge in [-0.05, 0) is 52.3 Å². The molecule has 0 heterocycles. The fourth-order valence-corrected chi connectivity index (χ4v) is 3.40. The summed E-state index contributed by atoms with van der Waals surface area (Å²) >= 11 is 15.1. The van der Waals surface area contributed by atoms with Crippen LogP contribution >= 0.6 is 39.1 Å². The van der Waals surface area contributed by atoms with Crippen molar-refractivity contribution in [2.45, 2.75) is 0 Å². The molecule has 2 aromatic rings. The van der Waals surface area contributed by atoms with Crippen molar-refractivity contribution in [2.24, 2.45) is 0 Å². The summed E-state index contributed by atoms with van der Waals surface area (Å²) in [6, 6.07) is 11.2. The molecule has 0 unspecified atom stereocenters. The van der Waals surface area contributed by atoms with Gasteiger partial charge in [0.05, 0.1) is 17.0 Å². The summed E-state index contributed by atoms with van der Waals surface area (Å²) in [6.45, 7) is -0.382. The molecule has 0 saturated heterocycles. The molecule has 1 amide bonds. The number of carbonyl (C=O) groups is 1. The number of nitrogens with zero attached hydrogens (tertiary/aromatic N) is 1. The number of sulfonamides is 1. The lowest BCUT2D eigenvalue weighted by Crippen LogP contribution is -2.37. The van der Waals surface area contributed by atoms with Crippen molar-refractivity contribution >= 4 is 66.4 Å². The second-order valence-corrected chi connectivity index (χ2v) is 8.53. The van der Waals surface area contributed by atoms with Gasteiger partial charge in [0, 0.05) is 15.2 Å². The first-order chi connectivity index (χ1) is 11.2. The van der Waals surface area contributed by atoms with E-state index in [1.165, 1.54) is 6.07 Å². The monoisotopic (exact) mass is 450 g/mol. The molecule has 0 atom stereocenters. The van der Waals surface area contributed by atoms with Crippen molar-refractivity contribution in [2.75, 3.05) is 22.4 Å². The van der Waals surface area contributed by atoms with Crippen LogP contribution in [-0.4, -0.2) is 27.1 Å². The summed E-state index contributed by atoms with van der Waals surface area (Å²) in [4.78, 5) is 12.2. The first kappa shape index (κ1) is 19.1. The highest BCUT2D eigenvalue weighted by molar-refractivity contribution is 9.10. The third-order valence-electron chi connectivity index (χ3n) is 2.99. The molecular weight excluding hydrogens is 439 g/mol. The van der Waals surface area contributed by atoms with Crippen molar-refractivity contribution in [3.8, 4) is 0 Å². The molecule has 9 heteroatoms. The van der Waals surface area contributed by atoms with E-state index >= 15 is 0 Å². The van der Waals surface area contributed by atoms with Crippen molar-refractivity contribution < 1.29 is 13.2 Å². The van der Waals surface area contributed by atoms with Gasteiger partial charge in [-0.2, -0.15) is 0 Å². The largest absolute Gasteiger partial charge is 0.324 e. The Balaban J connectivity index is 2.20. The Morgan fingerprint density at radius 3 is 2.50 bits per heavy atom. The number of rotatable bonds is 5. The van der Waals surface area contributed by atoms with Gasteiger partial charge < -0.3 is 5.32 Å². The van der Waals surface area contributed by atoms with E-state index < -0.39 is 15.9 Å². The van der Waals surface area contributed by atoms with Gasteiger partial charge in [0.15, 0.2) is 0 Å². The molecule has 0 aromatic heterocycles. The van der Waals surface area contributed by atoms with Crippen LogP contribution in [0.25, 0.3) is 0 Å². The highest BCUT2D eigenvalue weighted by atomic mass is 79.9. The number of carbonyl (C=O) groups excluding carboxylic acids is 1. The summed E-state index contributed by atoms with van der Waals surface area (Å²) in [6.07, 6.45) is 1.03. The Morgan fingerprint density at radius 1 is 1.21 bits per heavy atom. The normalized spacial score (nSPS) is 11.2. The molecule has 0 radical (unpaired) electrons. The van der Waals surface area contributed by atoms with Crippen LogP contribution in [0.3, 0.4) is 0 Å². The lowest BCUT2D eigenvalue weighted by atomic mass is 10.3. The smallest absolute Gasteiger partial charge is 0.245 e. The van der Waals surface area contributed by atoms with Crippen molar-refractivity contribution in [1.29, 1.82) is 0 Å². The average Bonchev–Trinajstić information content (AvgIpc) is 2.47. The molecular formula is C15H13BrCl2N2O3S. The number of halogens is 3. The Morgan fingerprint density at radius 2 is 1.92 bits per heavy atom. The molecule has 0 aliphatic heterocycles. The molecule has 24 heavy (non-hydrogen) atoms. The maximum absolute atomic E-state index is 12.2. The van der Waals surface area contributed by atoms with Crippen molar-refractivity contribution in [3.05, 3.63) is 57.0 Å². The third kappa shape index (κ3) is 5.11. The van der Waals surface area contributed by atoms with E-state index in [1.54, 1.807) is 36.4 Å². The van der Waals surface area contributed by atoms with Crippen LogP contribution in [0.4, 0.5) is 11.4 Å². The standard InChI is InChI=1S/C15H13BrCl2N2O3S/c1-24(22,23)20(12-4-2-3-10(17)7-12)9-15(21)19-11-5-6-13(16)14(18)8-11/h2-8H,9H2,1H3,(H,19,21). The Bertz CT molecular complexity index is 875. The zero-order valence-electron chi connectivity index (χ0n) is 12.5. The lowest BCUT2D eigenvalue weighted by Gasteiger charge is -2.22. The van der Waals surface area contributed by atoms with Gasteiger partial charge in [-0.15, -0.1) is 0 Å². The fourth-order valence-electron chi connectivity index (χ4n) is 1.94. The highest BCUT2D eigenvalue weighted by Gasteiger charge is 2.21. The SMILES string of the molecule is CS(=O)(=O)N(CC(=O)Nc1ccc(Br)c(Cl)c1)c1cccc(Cl)c1. The topological polar surface area (TPSA) is 66.5 Å². The third-order valence-corrected chi connectivity index (χ3v) is 5.60. The first-order valence-corrected chi connectivity index (χ1v) is 10.0. The van der Waals surface area contributed by atoms with Crippen molar-refractivity contribution in [3.63, 3.8) is 0 Å². The van der Waals surface area contributed by atoms with Crippen LogP contribution < -0.4 is 9.62 Å². The molecule has 0 fully saturated rings. The number of amides is 1. The zero-order chi connectivity index (χ0) is 17.9. The second kappa shape index (κ2) is 7.74. The molecule has 128 valence electrons. The van der Waals surface area contributed by atoms with Crippen LogP contribution in [0.1, 0.15) is 0 Å². The van der Waals surface area contributed by atoms with Crippen LogP contribution in [0, 0.1) is 0 Å². The number of nitrogens with one attached hydrogen (secondary N) is 1. The fraction of sp³-hybridized carbons (Fsp3) is 0.133. The summed E-state index contributed by atoms with van der Waals surface area (Å²) in [5, 5.41) is 3.42. The summed E-state index contributed by atoms with van der Waals surface area (Å²) in [7, 11) is -3.66. The van der Waals surface area contributed by atoms with Gasteiger partial charge in [0.1, 0.15) is 6.54 Å². The van der Waals surface area contributed by atoms with E-state index in [9.17, 15) is 13.2 Å². The van der Waals surface area contributed by atoms with Gasteiger partial charge >= 0.3 is 0 Å². The van der Waals surface area contributed by atoms with E-state index in [1.807, 2.05) is 0 Å². The molecule has 0 bridgehead atoms. The molecule has 5 nitrogen and oxygen atoms in total. The molecule has 2 aromatic carbocycles. The predicted octanol–water partition coefficient (Wildman–Crippen LogP) is 4.16. The lowest BCUT2D eigenvalue weighted by molar-refractivity contribution is -0.114. The second-order valence-electron chi connectivity index (χ2n) is 4.93. The summed E-state index contributed by atoms with van der Waals surface area (Å²) in [5.74, 6) is -0.501. The van der Waals surface area contributed by atoms with Gasteiger partial charge in [0.2, 0.25) is 15.9 Å². The Kier molecular flexibility index (Phi) is 6.14. The highest BCUT2D eigenvalue weighted by Crippen LogP contribution is 2.26. The number of hydrogen-bond acceptors (Lipinski definition) is 3. The molecule has 0 saturated carbocycles. The quantitative estimate of drug-likeness (QED) is 0.741. The molecule has 0 spiro atoms. The van der Waals surface area contributed by atoms with Crippen LogP contribution in [0.2, 0.25) is 10.0 Å². The van der Waals surface area contributed by atoms with E-state index in [2.05, 4.69) is 21.2 Å². The summed E-state index contributed by atoms with van der Waals surface area (Å²) < 4.78 is 25.7. The van der Waals surface area contributed by atoms with E-state index in [4.69, 9.17) is 23.2 Å². The van der Waals surface area contributed by atoms with Gasteiger partial charge in [-0.25, -0.2) is 8.42 Å². The molecule has 0 aliphatic rings. The molecule has 0 aliphatic carbocycles. The van der Waals surface area contributed by atoms with Gasteiger partial charge in [-0.3, -0.25) is 9.10 Å². The summed E-state index contributed by atoms with van der Waals surface area (Å²) in [5.41, 5.74) is 0.779. The number of hydrogen-bond donors (Lipinski definition) is 1. The van der Waals surface area contributed by atoms with E-state index in [0.29, 0.717) is 25.9 Å². The Hall–Kier alpha value is -1.28. The minimum absolute atomic E-state index is 0.314.